The maximum Gasteiger partial charge on any atom is 0.251 e. The molecule has 1 rings (SSSR count). The summed E-state index contributed by atoms with van der Waals surface area (Å²) < 4.78 is 0. The van der Waals surface area contributed by atoms with Crippen LogP contribution in [0.2, 0.25) is 0 Å². The first kappa shape index (κ1) is 20.2. The van der Waals surface area contributed by atoms with Crippen molar-refractivity contribution in [1.29, 1.82) is 0 Å². The molecule has 1 N–H and O–H groups in total. The summed E-state index contributed by atoms with van der Waals surface area (Å²) in [6, 6.07) is 6.15. The molecule has 0 fully saturated rings. The molecule has 1 amide bonds. The Balaban J connectivity index is 2.09. The van der Waals surface area contributed by atoms with Gasteiger partial charge in [0.1, 0.15) is 0 Å². The second-order valence-corrected chi connectivity index (χ2v) is 6.27. The van der Waals surface area contributed by atoms with Crippen LogP contribution in [0.5, 0.6) is 0 Å². The van der Waals surface area contributed by atoms with Crippen molar-refractivity contribution in [1.82, 2.24) is 5.32 Å². The Morgan fingerprint density at radius 2 is 1.33 bits per heavy atom. The number of amides is 1. The Labute approximate surface area is 145 Å². The summed E-state index contributed by atoms with van der Waals surface area (Å²) >= 11 is 0. The summed E-state index contributed by atoms with van der Waals surface area (Å²) in [6.45, 7) is 2.81. The van der Waals surface area contributed by atoms with E-state index >= 15 is 0 Å². The predicted molar refractivity (Wildman–Crippen MR) is 94.9 cm³/mol. The first-order chi connectivity index (χ1) is 11.7. The lowest BCUT2D eigenvalue weighted by Gasteiger charge is -2.10. The van der Waals surface area contributed by atoms with E-state index in [0.29, 0.717) is 6.54 Å². The second-order valence-electron chi connectivity index (χ2n) is 6.27. The fourth-order valence-electron chi connectivity index (χ4n) is 2.77. The number of nitrogens with one attached hydrogen (secondary N) is 1. The van der Waals surface area contributed by atoms with Crippen molar-refractivity contribution >= 4 is 11.9 Å². The summed E-state index contributed by atoms with van der Waals surface area (Å²) in [4.78, 5) is 23.0. The molecule has 0 heterocycles. The van der Waals surface area contributed by atoms with Crippen LogP contribution in [0, 0.1) is 0 Å². The van der Waals surface area contributed by atoms with Crippen LogP contribution in [0.1, 0.15) is 91.8 Å². The Bertz CT molecular complexity index is 499. The first-order valence-electron chi connectivity index (χ1n) is 9.25. The molecule has 0 spiro atoms. The number of carboxylic acid groups (broad SMARTS) is 1. The minimum Gasteiger partial charge on any atom is -0.545 e. The number of hydrogen-bond donors (Lipinski definition) is 1. The standard InChI is InChI=1S/C20H31NO3/c1-2-3-4-5-6-7-8-9-10-13-16-21-19(22)17-14-11-12-15-18(17)20(23)24/h11-12,14-15H,2-10,13,16H2,1H3,(H,21,22)(H,23,24)/p-1. The Morgan fingerprint density at radius 3 is 1.88 bits per heavy atom. The van der Waals surface area contributed by atoms with E-state index < -0.39 is 5.97 Å². The van der Waals surface area contributed by atoms with E-state index in [9.17, 15) is 14.7 Å². The molecular weight excluding hydrogens is 302 g/mol. The number of unbranched alkanes of at least 4 members (excludes halogenated alkanes) is 9. The quantitative estimate of drug-likeness (QED) is 0.560. The lowest BCUT2D eigenvalue weighted by molar-refractivity contribution is -0.255. The maximum atomic E-state index is 12.0. The molecule has 0 atom stereocenters. The normalized spacial score (nSPS) is 10.5. The number of benzene rings is 1. The van der Waals surface area contributed by atoms with Crippen LogP contribution in [0.25, 0.3) is 0 Å². The average Bonchev–Trinajstić information content (AvgIpc) is 2.59. The van der Waals surface area contributed by atoms with Gasteiger partial charge in [0.15, 0.2) is 0 Å². The Morgan fingerprint density at radius 1 is 0.833 bits per heavy atom. The van der Waals surface area contributed by atoms with E-state index in [2.05, 4.69) is 12.2 Å². The minimum atomic E-state index is -1.32. The highest BCUT2D eigenvalue weighted by Gasteiger charge is 2.10. The summed E-state index contributed by atoms with van der Waals surface area (Å²) in [6.07, 6.45) is 12.4. The van der Waals surface area contributed by atoms with Gasteiger partial charge in [-0.25, -0.2) is 0 Å². The Kier molecular flexibility index (Phi) is 10.6. The number of aromatic carboxylic acids is 1. The Hall–Kier alpha value is -1.84. The zero-order valence-corrected chi connectivity index (χ0v) is 14.8. The summed E-state index contributed by atoms with van der Waals surface area (Å²) in [5, 5.41) is 13.8. The van der Waals surface area contributed by atoms with Gasteiger partial charge in [-0.2, -0.15) is 0 Å². The average molecular weight is 332 g/mol. The molecule has 0 aliphatic carbocycles. The molecule has 4 nitrogen and oxygen atoms in total. The molecule has 4 heteroatoms. The predicted octanol–water partition coefficient (Wildman–Crippen LogP) is 3.70. The zero-order valence-electron chi connectivity index (χ0n) is 14.8. The van der Waals surface area contributed by atoms with Crippen molar-refractivity contribution in [2.45, 2.75) is 71.1 Å². The van der Waals surface area contributed by atoms with Gasteiger partial charge >= 0.3 is 0 Å². The van der Waals surface area contributed by atoms with Gasteiger partial charge in [0.25, 0.3) is 5.91 Å². The molecular formula is C20H30NO3-. The van der Waals surface area contributed by atoms with Gasteiger partial charge in [-0.15, -0.1) is 0 Å². The third kappa shape index (κ3) is 8.14. The lowest BCUT2D eigenvalue weighted by Crippen LogP contribution is -2.30. The van der Waals surface area contributed by atoms with E-state index in [0.717, 1.165) is 12.8 Å². The summed E-state index contributed by atoms with van der Waals surface area (Å²) in [7, 11) is 0. The van der Waals surface area contributed by atoms with Gasteiger partial charge in [-0.3, -0.25) is 4.79 Å². The zero-order chi connectivity index (χ0) is 17.6. The van der Waals surface area contributed by atoms with Gasteiger partial charge in [-0.1, -0.05) is 82.9 Å². The molecule has 24 heavy (non-hydrogen) atoms. The van der Waals surface area contributed by atoms with Crippen molar-refractivity contribution in [3.8, 4) is 0 Å². The van der Waals surface area contributed by atoms with E-state index in [1.165, 1.54) is 63.5 Å². The first-order valence-corrected chi connectivity index (χ1v) is 9.25. The lowest BCUT2D eigenvalue weighted by atomic mass is 10.1. The molecule has 0 aliphatic heterocycles. The molecule has 0 radical (unpaired) electrons. The minimum absolute atomic E-state index is 0.0573. The molecule has 1 aromatic rings. The van der Waals surface area contributed by atoms with Gasteiger partial charge in [0.05, 0.1) is 5.97 Å². The fraction of sp³-hybridized carbons (Fsp3) is 0.600. The molecule has 0 aromatic heterocycles. The molecule has 1 aromatic carbocycles. The number of carbonyl (C=O) groups is 2. The van der Waals surface area contributed by atoms with Crippen LogP contribution in [-0.4, -0.2) is 18.4 Å². The van der Waals surface area contributed by atoms with Gasteiger partial charge < -0.3 is 15.2 Å². The van der Waals surface area contributed by atoms with Crippen LogP contribution >= 0.6 is 0 Å². The van der Waals surface area contributed by atoms with Crippen molar-refractivity contribution < 1.29 is 14.7 Å². The number of carbonyl (C=O) groups excluding carboxylic acids is 2. The van der Waals surface area contributed by atoms with Gasteiger partial charge in [-0.05, 0) is 12.5 Å². The summed E-state index contributed by atoms with van der Waals surface area (Å²) in [5.74, 6) is -1.66. The van der Waals surface area contributed by atoms with Gasteiger partial charge in [0.2, 0.25) is 0 Å². The maximum absolute atomic E-state index is 12.0. The van der Waals surface area contributed by atoms with Crippen molar-refractivity contribution in [2.75, 3.05) is 6.54 Å². The van der Waals surface area contributed by atoms with E-state index in [-0.39, 0.29) is 17.0 Å². The SMILES string of the molecule is CCCCCCCCCCCCNC(=O)c1ccccc1C(=O)[O-]. The molecule has 0 saturated heterocycles. The summed E-state index contributed by atoms with van der Waals surface area (Å²) in [5.41, 5.74) is 0.114. The van der Waals surface area contributed by atoms with Crippen molar-refractivity contribution in [3.05, 3.63) is 35.4 Å². The van der Waals surface area contributed by atoms with Crippen LogP contribution in [0.3, 0.4) is 0 Å². The number of hydrogen-bond acceptors (Lipinski definition) is 3. The highest BCUT2D eigenvalue weighted by atomic mass is 16.4. The highest BCUT2D eigenvalue weighted by Crippen LogP contribution is 2.11. The third-order valence-corrected chi connectivity index (χ3v) is 4.21. The monoisotopic (exact) mass is 332 g/mol. The van der Waals surface area contributed by atoms with Crippen molar-refractivity contribution in [2.24, 2.45) is 0 Å². The fourth-order valence-corrected chi connectivity index (χ4v) is 2.77. The third-order valence-electron chi connectivity index (χ3n) is 4.21. The van der Waals surface area contributed by atoms with Gasteiger partial charge in [0, 0.05) is 17.7 Å². The molecule has 134 valence electrons. The molecule has 0 aliphatic rings. The van der Waals surface area contributed by atoms with Crippen molar-refractivity contribution in [3.63, 3.8) is 0 Å². The van der Waals surface area contributed by atoms with E-state index in [1.54, 1.807) is 12.1 Å². The van der Waals surface area contributed by atoms with Crippen LogP contribution in [0.15, 0.2) is 24.3 Å². The largest absolute Gasteiger partial charge is 0.545 e. The smallest absolute Gasteiger partial charge is 0.251 e. The van der Waals surface area contributed by atoms with E-state index in [4.69, 9.17) is 0 Å². The molecule has 0 saturated carbocycles. The molecule has 0 unspecified atom stereocenters. The topological polar surface area (TPSA) is 69.2 Å². The second kappa shape index (κ2) is 12.6. The highest BCUT2D eigenvalue weighted by molar-refractivity contribution is 6.04. The van der Waals surface area contributed by atoms with Crippen LogP contribution < -0.4 is 10.4 Å². The molecule has 0 bridgehead atoms. The van der Waals surface area contributed by atoms with Crippen LogP contribution in [0.4, 0.5) is 0 Å². The number of carboxylic acids is 1. The van der Waals surface area contributed by atoms with E-state index in [1.807, 2.05) is 0 Å². The number of rotatable bonds is 13. The van der Waals surface area contributed by atoms with Crippen LogP contribution in [-0.2, 0) is 0 Å².